The molecule has 0 saturated carbocycles. The normalized spacial score (nSPS) is 10.9. The topological polar surface area (TPSA) is 58.4 Å². The van der Waals surface area contributed by atoms with E-state index in [-0.39, 0.29) is 5.91 Å². The van der Waals surface area contributed by atoms with Crippen LogP contribution in [0.5, 0.6) is 0 Å². The van der Waals surface area contributed by atoms with Crippen molar-refractivity contribution < 1.29 is 4.79 Å². The number of hydrogen-bond acceptors (Lipinski definition) is 3. The van der Waals surface area contributed by atoms with Crippen molar-refractivity contribution in [1.82, 2.24) is 10.2 Å². The van der Waals surface area contributed by atoms with Gasteiger partial charge in [-0.2, -0.15) is 0 Å². The molecule has 3 N–H and O–H groups in total. The van der Waals surface area contributed by atoms with E-state index in [1.54, 1.807) is 6.07 Å². The lowest BCUT2D eigenvalue weighted by atomic mass is 10.1. The predicted molar refractivity (Wildman–Crippen MR) is 89.3 cm³/mol. The number of amides is 1. The Hall–Kier alpha value is -1.55. The van der Waals surface area contributed by atoms with Gasteiger partial charge >= 0.3 is 0 Å². The van der Waals surface area contributed by atoms with Gasteiger partial charge in [0.15, 0.2) is 0 Å². The molecule has 0 atom stereocenters. The molecule has 4 nitrogen and oxygen atoms in total. The third kappa shape index (κ3) is 5.76. The minimum absolute atomic E-state index is 0.0472. The standard InChI is InChI=1S/C17H29N3O/c1-4-9-19-17(21)14-7-8-15(16(18)12-14)13-20(10-5-2)11-6-3/h7-8,12H,4-6,9-11,13,18H2,1-3H3,(H,19,21). The Labute approximate surface area is 128 Å². The summed E-state index contributed by atoms with van der Waals surface area (Å²) in [7, 11) is 0. The van der Waals surface area contributed by atoms with E-state index in [9.17, 15) is 4.79 Å². The number of hydrogen-bond donors (Lipinski definition) is 2. The summed E-state index contributed by atoms with van der Waals surface area (Å²) in [6, 6.07) is 5.64. The Morgan fingerprint density at radius 1 is 1.14 bits per heavy atom. The molecule has 0 heterocycles. The molecule has 1 aromatic rings. The highest BCUT2D eigenvalue weighted by molar-refractivity contribution is 5.95. The second kappa shape index (κ2) is 9.40. The summed E-state index contributed by atoms with van der Waals surface area (Å²) in [5.41, 5.74) is 8.57. The maximum Gasteiger partial charge on any atom is 0.251 e. The predicted octanol–water partition coefficient (Wildman–Crippen LogP) is 3.03. The second-order valence-electron chi connectivity index (χ2n) is 5.45. The van der Waals surface area contributed by atoms with Gasteiger partial charge in [-0.1, -0.05) is 26.8 Å². The minimum atomic E-state index is -0.0472. The van der Waals surface area contributed by atoms with Crippen molar-refractivity contribution in [1.29, 1.82) is 0 Å². The van der Waals surface area contributed by atoms with E-state index in [0.717, 1.165) is 44.5 Å². The number of carbonyl (C=O) groups is 1. The highest BCUT2D eigenvalue weighted by atomic mass is 16.1. The van der Waals surface area contributed by atoms with Gasteiger partial charge in [0.2, 0.25) is 0 Å². The highest BCUT2D eigenvalue weighted by Crippen LogP contribution is 2.17. The van der Waals surface area contributed by atoms with E-state index >= 15 is 0 Å². The molecule has 1 amide bonds. The van der Waals surface area contributed by atoms with Gasteiger partial charge in [-0.3, -0.25) is 9.69 Å². The number of nitrogens with two attached hydrogens (primary N) is 1. The fraction of sp³-hybridized carbons (Fsp3) is 0.588. The quantitative estimate of drug-likeness (QED) is 0.688. The number of nitrogen functional groups attached to an aromatic ring is 1. The van der Waals surface area contributed by atoms with Crippen LogP contribution in [0.25, 0.3) is 0 Å². The number of nitrogens with zero attached hydrogens (tertiary/aromatic N) is 1. The summed E-state index contributed by atoms with van der Waals surface area (Å²) < 4.78 is 0. The third-order valence-electron chi connectivity index (χ3n) is 3.42. The molecular weight excluding hydrogens is 262 g/mol. The molecule has 0 aliphatic heterocycles. The van der Waals surface area contributed by atoms with Crippen molar-refractivity contribution >= 4 is 11.6 Å². The Bertz CT molecular complexity index is 440. The van der Waals surface area contributed by atoms with Gasteiger partial charge in [-0.05, 0) is 50.0 Å². The van der Waals surface area contributed by atoms with Crippen LogP contribution in [-0.2, 0) is 6.54 Å². The lowest BCUT2D eigenvalue weighted by molar-refractivity contribution is 0.0953. The number of benzene rings is 1. The Morgan fingerprint density at radius 2 is 1.81 bits per heavy atom. The summed E-state index contributed by atoms with van der Waals surface area (Å²) in [5, 5.41) is 2.87. The summed E-state index contributed by atoms with van der Waals surface area (Å²) in [4.78, 5) is 14.3. The first-order valence-corrected chi connectivity index (χ1v) is 8.01. The van der Waals surface area contributed by atoms with Gasteiger partial charge in [0, 0.05) is 24.3 Å². The van der Waals surface area contributed by atoms with Crippen LogP contribution >= 0.6 is 0 Å². The lowest BCUT2D eigenvalue weighted by Crippen LogP contribution is -2.26. The molecule has 118 valence electrons. The lowest BCUT2D eigenvalue weighted by Gasteiger charge is -2.22. The van der Waals surface area contributed by atoms with E-state index in [1.165, 1.54) is 0 Å². The van der Waals surface area contributed by atoms with Crippen LogP contribution in [0.4, 0.5) is 5.69 Å². The molecule has 0 bridgehead atoms. The van der Waals surface area contributed by atoms with Crippen molar-refractivity contribution in [3.63, 3.8) is 0 Å². The van der Waals surface area contributed by atoms with Gasteiger partial charge in [0.05, 0.1) is 0 Å². The van der Waals surface area contributed by atoms with Crippen LogP contribution in [0, 0.1) is 0 Å². The summed E-state index contributed by atoms with van der Waals surface area (Å²) in [5.74, 6) is -0.0472. The van der Waals surface area contributed by atoms with Crippen LogP contribution in [0.2, 0.25) is 0 Å². The fourth-order valence-electron chi connectivity index (χ4n) is 2.36. The van der Waals surface area contributed by atoms with Crippen LogP contribution in [-0.4, -0.2) is 30.4 Å². The largest absolute Gasteiger partial charge is 0.398 e. The Balaban J connectivity index is 2.74. The minimum Gasteiger partial charge on any atom is -0.398 e. The van der Waals surface area contributed by atoms with Crippen LogP contribution in [0.3, 0.4) is 0 Å². The van der Waals surface area contributed by atoms with Gasteiger partial charge in [0.25, 0.3) is 5.91 Å². The zero-order valence-corrected chi connectivity index (χ0v) is 13.6. The SMILES string of the molecule is CCCNC(=O)c1ccc(CN(CCC)CCC)c(N)c1. The van der Waals surface area contributed by atoms with Gasteiger partial charge in [0.1, 0.15) is 0 Å². The first-order valence-electron chi connectivity index (χ1n) is 8.01. The van der Waals surface area contributed by atoms with Gasteiger partial charge in [-0.15, -0.1) is 0 Å². The molecule has 0 aromatic heterocycles. The molecule has 0 aliphatic carbocycles. The van der Waals surface area contributed by atoms with Gasteiger partial charge < -0.3 is 11.1 Å². The highest BCUT2D eigenvalue weighted by Gasteiger charge is 2.10. The summed E-state index contributed by atoms with van der Waals surface area (Å²) in [6.45, 7) is 10.1. The van der Waals surface area contributed by atoms with Crippen LogP contribution in [0.1, 0.15) is 56.0 Å². The second-order valence-corrected chi connectivity index (χ2v) is 5.45. The number of rotatable bonds is 9. The maximum atomic E-state index is 11.9. The Morgan fingerprint density at radius 3 is 2.33 bits per heavy atom. The molecule has 0 radical (unpaired) electrons. The van der Waals surface area contributed by atoms with Crippen LogP contribution in [0.15, 0.2) is 18.2 Å². The first kappa shape index (κ1) is 17.5. The molecule has 1 aromatic carbocycles. The number of anilines is 1. The van der Waals surface area contributed by atoms with Crippen LogP contribution < -0.4 is 11.1 Å². The average Bonchev–Trinajstić information content (AvgIpc) is 2.47. The van der Waals surface area contributed by atoms with Crippen molar-refractivity contribution in [3.8, 4) is 0 Å². The molecule has 21 heavy (non-hydrogen) atoms. The Kier molecular flexibility index (Phi) is 7.83. The monoisotopic (exact) mass is 291 g/mol. The molecule has 0 unspecified atom stereocenters. The van der Waals surface area contributed by atoms with Gasteiger partial charge in [-0.25, -0.2) is 0 Å². The van der Waals surface area contributed by atoms with E-state index in [4.69, 9.17) is 5.73 Å². The van der Waals surface area contributed by atoms with Crippen molar-refractivity contribution in [2.75, 3.05) is 25.4 Å². The fourth-order valence-corrected chi connectivity index (χ4v) is 2.36. The van der Waals surface area contributed by atoms with E-state index < -0.39 is 0 Å². The van der Waals surface area contributed by atoms with Crippen molar-refractivity contribution in [2.24, 2.45) is 0 Å². The van der Waals surface area contributed by atoms with Crippen molar-refractivity contribution in [3.05, 3.63) is 29.3 Å². The van der Waals surface area contributed by atoms with E-state index in [0.29, 0.717) is 17.8 Å². The molecule has 1 rings (SSSR count). The molecule has 4 heteroatoms. The zero-order chi connectivity index (χ0) is 15.7. The zero-order valence-electron chi connectivity index (χ0n) is 13.6. The van der Waals surface area contributed by atoms with E-state index in [2.05, 4.69) is 24.1 Å². The molecule has 0 saturated heterocycles. The molecule has 0 aliphatic rings. The summed E-state index contributed by atoms with van der Waals surface area (Å²) >= 11 is 0. The molecule has 0 spiro atoms. The average molecular weight is 291 g/mol. The third-order valence-corrected chi connectivity index (χ3v) is 3.42. The number of nitrogens with one attached hydrogen (secondary N) is 1. The maximum absolute atomic E-state index is 11.9. The molecule has 0 fully saturated rings. The molecular formula is C17H29N3O. The number of carbonyl (C=O) groups excluding carboxylic acids is 1. The first-order chi connectivity index (χ1) is 10.1. The summed E-state index contributed by atoms with van der Waals surface area (Å²) in [6.07, 6.45) is 3.21. The van der Waals surface area contributed by atoms with Crippen molar-refractivity contribution in [2.45, 2.75) is 46.6 Å². The smallest absolute Gasteiger partial charge is 0.251 e. The van der Waals surface area contributed by atoms with E-state index in [1.807, 2.05) is 19.1 Å².